The van der Waals surface area contributed by atoms with Crippen LogP contribution in [-0.2, 0) is 0 Å². The number of furan rings is 1. The molecule has 0 amide bonds. The van der Waals surface area contributed by atoms with E-state index in [1.807, 2.05) is 17.6 Å². The molecule has 0 atom stereocenters. The van der Waals surface area contributed by atoms with Gasteiger partial charge in [-0.3, -0.25) is 4.90 Å². The molecule has 3 heterocycles. The van der Waals surface area contributed by atoms with Crippen LogP contribution in [0.2, 0.25) is 0 Å². The van der Waals surface area contributed by atoms with Gasteiger partial charge in [0.2, 0.25) is 0 Å². The van der Waals surface area contributed by atoms with Crippen molar-refractivity contribution in [3.63, 3.8) is 0 Å². The molecule has 0 unspecified atom stereocenters. The molecule has 0 aromatic carbocycles. The van der Waals surface area contributed by atoms with Gasteiger partial charge < -0.3 is 9.32 Å². The van der Waals surface area contributed by atoms with Crippen molar-refractivity contribution in [3.8, 4) is 11.8 Å². The summed E-state index contributed by atoms with van der Waals surface area (Å²) in [6, 6.07) is 1.88. The molecule has 2 aromatic rings. The first kappa shape index (κ1) is 12.3. The second-order valence-electron chi connectivity index (χ2n) is 4.39. The third kappa shape index (κ3) is 3.16. The molecule has 0 N–H and O–H groups in total. The molecule has 2 aromatic heterocycles. The van der Waals surface area contributed by atoms with Gasteiger partial charge in [-0.15, -0.1) is 11.3 Å². The van der Waals surface area contributed by atoms with Crippen molar-refractivity contribution in [2.24, 2.45) is 0 Å². The lowest BCUT2D eigenvalue weighted by molar-refractivity contribution is 0.288. The first-order valence-electron chi connectivity index (χ1n) is 6.30. The quantitative estimate of drug-likeness (QED) is 0.783. The molecular formula is C14H15N3OS. The minimum absolute atomic E-state index is 0.816. The van der Waals surface area contributed by atoms with Crippen LogP contribution in [0.1, 0.15) is 5.56 Å². The minimum atomic E-state index is 0.816. The summed E-state index contributed by atoms with van der Waals surface area (Å²) < 4.78 is 4.98. The van der Waals surface area contributed by atoms with Crippen LogP contribution in [-0.4, -0.2) is 42.6 Å². The summed E-state index contributed by atoms with van der Waals surface area (Å²) in [5.41, 5.74) is 0.946. The largest absolute Gasteiger partial charge is 0.471 e. The molecule has 0 bridgehead atoms. The van der Waals surface area contributed by atoms with Crippen LogP contribution in [0.15, 0.2) is 34.6 Å². The molecule has 0 saturated carbocycles. The number of anilines is 1. The van der Waals surface area contributed by atoms with Crippen LogP contribution in [0, 0.1) is 11.8 Å². The Morgan fingerprint density at radius 2 is 2.21 bits per heavy atom. The highest BCUT2D eigenvalue weighted by Gasteiger charge is 2.17. The fraction of sp³-hybridized carbons (Fsp3) is 0.357. The molecule has 5 heteroatoms. The minimum Gasteiger partial charge on any atom is -0.471 e. The summed E-state index contributed by atoms with van der Waals surface area (Å²) in [7, 11) is 0. The van der Waals surface area contributed by atoms with Crippen LogP contribution in [0.4, 0.5) is 5.13 Å². The van der Waals surface area contributed by atoms with Gasteiger partial charge in [0.1, 0.15) is 6.26 Å². The number of nitrogens with zero attached hydrogens (tertiary/aromatic N) is 3. The number of piperazine rings is 1. The second kappa shape index (κ2) is 5.91. The Morgan fingerprint density at radius 1 is 1.32 bits per heavy atom. The monoisotopic (exact) mass is 273 g/mol. The first-order valence-corrected chi connectivity index (χ1v) is 7.18. The van der Waals surface area contributed by atoms with Crippen LogP contribution >= 0.6 is 11.3 Å². The predicted octanol–water partition coefficient (Wildman–Crippen LogP) is 1.91. The van der Waals surface area contributed by atoms with E-state index in [0.29, 0.717) is 0 Å². The maximum atomic E-state index is 4.98. The summed E-state index contributed by atoms with van der Waals surface area (Å²) in [5, 5.41) is 3.15. The average molecular weight is 273 g/mol. The highest BCUT2D eigenvalue weighted by Crippen LogP contribution is 2.18. The molecule has 3 rings (SSSR count). The van der Waals surface area contributed by atoms with Crippen molar-refractivity contribution in [3.05, 3.63) is 35.7 Å². The molecule has 1 saturated heterocycles. The van der Waals surface area contributed by atoms with Crippen molar-refractivity contribution in [1.82, 2.24) is 9.88 Å². The zero-order valence-corrected chi connectivity index (χ0v) is 11.4. The Balaban J connectivity index is 1.48. The van der Waals surface area contributed by atoms with Gasteiger partial charge in [0.25, 0.3) is 0 Å². The van der Waals surface area contributed by atoms with Crippen LogP contribution in [0.5, 0.6) is 0 Å². The van der Waals surface area contributed by atoms with Gasteiger partial charge in [0.05, 0.1) is 18.4 Å². The smallest absolute Gasteiger partial charge is 0.185 e. The van der Waals surface area contributed by atoms with Gasteiger partial charge in [0.15, 0.2) is 5.13 Å². The van der Waals surface area contributed by atoms with Gasteiger partial charge in [-0.05, 0) is 6.07 Å². The lowest BCUT2D eigenvalue weighted by Gasteiger charge is -2.33. The van der Waals surface area contributed by atoms with E-state index in [0.717, 1.165) is 43.4 Å². The van der Waals surface area contributed by atoms with Crippen molar-refractivity contribution < 1.29 is 4.42 Å². The zero-order valence-electron chi connectivity index (χ0n) is 10.6. The van der Waals surface area contributed by atoms with Gasteiger partial charge in [-0.1, -0.05) is 11.8 Å². The molecule has 19 heavy (non-hydrogen) atoms. The average Bonchev–Trinajstić information content (AvgIpc) is 3.13. The topological polar surface area (TPSA) is 32.5 Å². The molecule has 4 nitrogen and oxygen atoms in total. The summed E-state index contributed by atoms with van der Waals surface area (Å²) in [5.74, 6) is 6.29. The van der Waals surface area contributed by atoms with E-state index in [1.54, 1.807) is 23.9 Å². The van der Waals surface area contributed by atoms with Crippen LogP contribution in [0.25, 0.3) is 0 Å². The molecule has 0 aliphatic carbocycles. The molecule has 98 valence electrons. The zero-order chi connectivity index (χ0) is 12.9. The molecule has 1 fully saturated rings. The molecule has 0 spiro atoms. The van der Waals surface area contributed by atoms with Gasteiger partial charge in [-0.25, -0.2) is 4.98 Å². The first-order chi connectivity index (χ1) is 9.42. The molecule has 1 aliphatic heterocycles. The van der Waals surface area contributed by atoms with Crippen molar-refractivity contribution in [2.75, 3.05) is 37.6 Å². The number of hydrogen-bond donors (Lipinski definition) is 0. The molecule has 0 radical (unpaired) electrons. The van der Waals surface area contributed by atoms with Crippen LogP contribution in [0.3, 0.4) is 0 Å². The van der Waals surface area contributed by atoms with Gasteiger partial charge in [0, 0.05) is 37.8 Å². The Morgan fingerprint density at radius 3 is 2.89 bits per heavy atom. The van der Waals surface area contributed by atoms with Gasteiger partial charge >= 0.3 is 0 Å². The predicted molar refractivity (Wildman–Crippen MR) is 76.4 cm³/mol. The normalized spacial score (nSPS) is 16.1. The van der Waals surface area contributed by atoms with Crippen LogP contribution < -0.4 is 4.90 Å². The Hall–Kier alpha value is -1.77. The van der Waals surface area contributed by atoms with E-state index in [1.165, 1.54) is 0 Å². The van der Waals surface area contributed by atoms with E-state index in [2.05, 4.69) is 26.6 Å². The maximum absolute atomic E-state index is 4.98. The fourth-order valence-corrected chi connectivity index (χ4v) is 2.76. The van der Waals surface area contributed by atoms with Crippen molar-refractivity contribution in [2.45, 2.75) is 0 Å². The standard InChI is InChI=1S/C14H15N3OS/c1(2-13-3-10-18-12-13)5-16-6-8-17(9-7-16)14-15-4-11-19-14/h3-4,10-12H,5-9H2. The summed E-state index contributed by atoms with van der Waals surface area (Å²) in [6.45, 7) is 4.96. The maximum Gasteiger partial charge on any atom is 0.185 e. The van der Waals surface area contributed by atoms with E-state index in [-0.39, 0.29) is 0 Å². The van der Waals surface area contributed by atoms with Crippen molar-refractivity contribution >= 4 is 16.5 Å². The van der Waals surface area contributed by atoms with Gasteiger partial charge in [-0.2, -0.15) is 0 Å². The van der Waals surface area contributed by atoms with E-state index >= 15 is 0 Å². The summed E-state index contributed by atoms with van der Waals surface area (Å²) in [6.07, 6.45) is 5.19. The number of rotatable bonds is 2. The Labute approximate surface area is 116 Å². The SMILES string of the molecule is C(#Cc1ccoc1)CN1CCN(c2nccs2)CC1. The number of aromatic nitrogens is 1. The Bertz CT molecular complexity index is 545. The third-order valence-electron chi connectivity index (χ3n) is 3.12. The molecule has 1 aliphatic rings. The molecular weight excluding hydrogens is 258 g/mol. The number of hydrogen-bond acceptors (Lipinski definition) is 5. The number of thiazole rings is 1. The lowest BCUT2D eigenvalue weighted by Crippen LogP contribution is -2.46. The van der Waals surface area contributed by atoms with Crippen molar-refractivity contribution in [1.29, 1.82) is 0 Å². The van der Waals surface area contributed by atoms with E-state index < -0.39 is 0 Å². The third-order valence-corrected chi connectivity index (χ3v) is 3.95. The Kier molecular flexibility index (Phi) is 3.82. The highest BCUT2D eigenvalue weighted by atomic mass is 32.1. The summed E-state index contributed by atoms with van der Waals surface area (Å²) in [4.78, 5) is 9.06. The highest BCUT2D eigenvalue weighted by molar-refractivity contribution is 7.13. The second-order valence-corrected chi connectivity index (χ2v) is 5.26. The summed E-state index contributed by atoms with van der Waals surface area (Å²) >= 11 is 1.70. The lowest BCUT2D eigenvalue weighted by atomic mass is 10.3. The van der Waals surface area contributed by atoms with E-state index in [9.17, 15) is 0 Å². The van der Waals surface area contributed by atoms with E-state index in [4.69, 9.17) is 4.42 Å². The fourth-order valence-electron chi connectivity index (χ4n) is 2.06.